The van der Waals surface area contributed by atoms with E-state index in [4.69, 9.17) is 0 Å². The number of hydrogen-bond acceptors (Lipinski definition) is 4. The summed E-state index contributed by atoms with van der Waals surface area (Å²) in [4.78, 5) is 11.4. The monoisotopic (exact) mass is 549 g/mol. The molecule has 0 saturated carbocycles. The molecule has 2 heterocycles. The van der Waals surface area contributed by atoms with Crippen molar-refractivity contribution in [1.29, 1.82) is 0 Å². The van der Waals surface area contributed by atoms with Crippen LogP contribution >= 0.6 is 35.3 Å². The van der Waals surface area contributed by atoms with Crippen molar-refractivity contribution in [2.45, 2.75) is 39.8 Å². The number of nitrogens with zero attached hydrogens (tertiary/aromatic N) is 3. The van der Waals surface area contributed by atoms with Crippen LogP contribution in [0, 0.1) is 24.5 Å². The van der Waals surface area contributed by atoms with Crippen molar-refractivity contribution >= 4 is 41.3 Å². The number of nitrogens with one attached hydrogen (secondary N) is 2. The zero-order valence-electron chi connectivity index (χ0n) is 17.5. The van der Waals surface area contributed by atoms with Gasteiger partial charge in [0.15, 0.2) is 5.96 Å². The van der Waals surface area contributed by atoms with Crippen molar-refractivity contribution in [3.8, 4) is 0 Å². The number of thiazole rings is 1. The van der Waals surface area contributed by atoms with Crippen LogP contribution in [0.15, 0.2) is 28.6 Å². The summed E-state index contributed by atoms with van der Waals surface area (Å²) in [6.07, 6.45) is 2.24. The van der Waals surface area contributed by atoms with Crippen molar-refractivity contribution in [2.24, 2.45) is 10.9 Å². The third-order valence-corrected chi connectivity index (χ3v) is 5.90. The van der Waals surface area contributed by atoms with Crippen LogP contribution in [0.1, 0.15) is 36.0 Å². The molecule has 2 N–H and O–H groups in total. The van der Waals surface area contributed by atoms with Gasteiger partial charge in [0.2, 0.25) is 0 Å². The van der Waals surface area contributed by atoms with Crippen LogP contribution < -0.4 is 10.6 Å². The van der Waals surface area contributed by atoms with E-state index in [2.05, 4.69) is 30.9 Å². The van der Waals surface area contributed by atoms with E-state index in [9.17, 15) is 8.78 Å². The van der Waals surface area contributed by atoms with Crippen molar-refractivity contribution in [3.63, 3.8) is 0 Å². The number of guanidine groups is 1. The average molecular weight is 549 g/mol. The Morgan fingerprint density at radius 1 is 1.27 bits per heavy atom. The molecule has 1 aliphatic heterocycles. The number of halogens is 3. The number of aliphatic imine (C=N–C) groups is 1. The van der Waals surface area contributed by atoms with Gasteiger partial charge in [-0.2, -0.15) is 0 Å². The van der Waals surface area contributed by atoms with Gasteiger partial charge in [0.25, 0.3) is 0 Å². The molecule has 0 bridgehead atoms. The standard InChI is InChI=1S/C21H29F2N5S.HI/c1-3-24-21(26-12-17-10-18(22)4-5-20(17)23)25-11-16-6-8-28(9-7-16)13-19-14-29-15(2)27-19;/h4-5,10,14,16H,3,6-9,11-13H2,1-2H3,(H2,24,25,26);1H. The van der Waals surface area contributed by atoms with Crippen LogP contribution in [0.2, 0.25) is 0 Å². The molecule has 0 spiro atoms. The zero-order valence-corrected chi connectivity index (χ0v) is 20.6. The number of aromatic nitrogens is 1. The van der Waals surface area contributed by atoms with E-state index in [1.807, 2.05) is 13.8 Å². The van der Waals surface area contributed by atoms with Crippen molar-refractivity contribution in [3.05, 3.63) is 51.5 Å². The molecule has 1 aromatic heterocycles. The lowest BCUT2D eigenvalue weighted by molar-refractivity contribution is 0.176. The minimum Gasteiger partial charge on any atom is -0.357 e. The topological polar surface area (TPSA) is 52.6 Å². The smallest absolute Gasteiger partial charge is 0.191 e. The van der Waals surface area contributed by atoms with Crippen LogP contribution in [-0.2, 0) is 13.1 Å². The van der Waals surface area contributed by atoms with E-state index < -0.39 is 11.6 Å². The highest BCUT2D eigenvalue weighted by atomic mass is 127. The summed E-state index contributed by atoms with van der Waals surface area (Å²) in [5.74, 6) is 0.317. The second-order valence-electron chi connectivity index (χ2n) is 7.39. The molecule has 1 aliphatic rings. The summed E-state index contributed by atoms with van der Waals surface area (Å²) in [6, 6.07) is 3.46. The van der Waals surface area contributed by atoms with Crippen LogP contribution in [0.4, 0.5) is 8.78 Å². The van der Waals surface area contributed by atoms with Crippen LogP contribution in [0.5, 0.6) is 0 Å². The molecule has 0 radical (unpaired) electrons. The number of rotatable bonds is 7. The van der Waals surface area contributed by atoms with Gasteiger partial charge in [-0.25, -0.2) is 18.8 Å². The van der Waals surface area contributed by atoms with Gasteiger partial charge < -0.3 is 10.6 Å². The molecule has 1 fully saturated rings. The predicted molar refractivity (Wildman–Crippen MR) is 129 cm³/mol. The fourth-order valence-electron chi connectivity index (χ4n) is 3.47. The van der Waals surface area contributed by atoms with E-state index in [1.54, 1.807) is 11.3 Å². The van der Waals surface area contributed by atoms with Gasteiger partial charge in [-0.15, -0.1) is 35.3 Å². The third-order valence-electron chi connectivity index (χ3n) is 5.08. The van der Waals surface area contributed by atoms with Crippen LogP contribution in [-0.4, -0.2) is 42.0 Å². The maximum absolute atomic E-state index is 13.8. The fourth-order valence-corrected chi connectivity index (χ4v) is 4.07. The molecule has 0 unspecified atom stereocenters. The van der Waals surface area contributed by atoms with Gasteiger partial charge in [0, 0.05) is 30.6 Å². The summed E-state index contributed by atoms with van der Waals surface area (Å²) in [5.41, 5.74) is 1.42. The van der Waals surface area contributed by atoms with Gasteiger partial charge in [0.1, 0.15) is 11.6 Å². The number of likely N-dealkylation sites (tertiary alicyclic amines) is 1. The minimum atomic E-state index is -0.450. The average Bonchev–Trinajstić information content (AvgIpc) is 3.12. The molecule has 3 rings (SSSR count). The molecule has 30 heavy (non-hydrogen) atoms. The Kier molecular flexibility index (Phi) is 10.4. The van der Waals surface area contributed by atoms with Gasteiger partial charge >= 0.3 is 0 Å². The molecule has 2 aromatic rings. The van der Waals surface area contributed by atoms with E-state index >= 15 is 0 Å². The van der Waals surface area contributed by atoms with Crippen LogP contribution in [0.3, 0.4) is 0 Å². The Morgan fingerprint density at radius 2 is 2.03 bits per heavy atom. The number of benzene rings is 1. The minimum absolute atomic E-state index is 0. The predicted octanol–water partition coefficient (Wildman–Crippen LogP) is 4.32. The first-order chi connectivity index (χ1) is 14.0. The highest BCUT2D eigenvalue weighted by Gasteiger charge is 2.20. The molecular formula is C21H30F2IN5S. The van der Waals surface area contributed by atoms with E-state index in [1.165, 1.54) is 6.07 Å². The summed E-state index contributed by atoms with van der Waals surface area (Å²) >= 11 is 1.70. The van der Waals surface area contributed by atoms with Crippen molar-refractivity contribution in [2.75, 3.05) is 26.2 Å². The lowest BCUT2D eigenvalue weighted by Gasteiger charge is -2.31. The summed E-state index contributed by atoms with van der Waals surface area (Å²) in [7, 11) is 0. The molecular weight excluding hydrogens is 519 g/mol. The van der Waals surface area contributed by atoms with Gasteiger partial charge in [-0.05, 0) is 63.9 Å². The van der Waals surface area contributed by atoms with Gasteiger partial charge in [0.05, 0.1) is 17.2 Å². The lowest BCUT2D eigenvalue weighted by Crippen LogP contribution is -2.42. The van der Waals surface area contributed by atoms with E-state index in [0.29, 0.717) is 18.4 Å². The summed E-state index contributed by atoms with van der Waals surface area (Å²) in [6.45, 7) is 8.70. The normalized spacial score (nSPS) is 15.7. The first-order valence-electron chi connectivity index (χ1n) is 10.1. The highest BCUT2D eigenvalue weighted by Crippen LogP contribution is 2.19. The quantitative estimate of drug-likeness (QED) is 0.307. The first-order valence-corrected chi connectivity index (χ1v) is 11.0. The SMILES string of the molecule is CCNC(=NCc1cc(F)ccc1F)NCC1CCN(Cc2csc(C)n2)CC1.I. The Bertz CT molecular complexity index is 821. The zero-order chi connectivity index (χ0) is 20.6. The molecule has 5 nitrogen and oxygen atoms in total. The maximum atomic E-state index is 13.8. The molecule has 1 aromatic carbocycles. The number of piperidine rings is 1. The molecule has 1 saturated heterocycles. The Labute approximate surface area is 198 Å². The second-order valence-corrected chi connectivity index (χ2v) is 8.45. The Balaban J connectivity index is 0.00000320. The summed E-state index contributed by atoms with van der Waals surface area (Å²) < 4.78 is 27.1. The lowest BCUT2D eigenvalue weighted by atomic mass is 9.97. The van der Waals surface area contributed by atoms with Gasteiger partial charge in [-0.1, -0.05) is 0 Å². The maximum Gasteiger partial charge on any atom is 0.191 e. The van der Waals surface area contributed by atoms with E-state index in [-0.39, 0.29) is 36.1 Å². The van der Waals surface area contributed by atoms with Crippen molar-refractivity contribution in [1.82, 2.24) is 20.5 Å². The number of aryl methyl sites for hydroxylation is 1. The highest BCUT2D eigenvalue weighted by molar-refractivity contribution is 14.0. The first kappa shape index (κ1) is 24.9. The third kappa shape index (κ3) is 7.73. The fraction of sp³-hybridized carbons (Fsp3) is 0.524. The van der Waals surface area contributed by atoms with Gasteiger partial charge in [-0.3, -0.25) is 4.90 Å². The molecule has 0 aliphatic carbocycles. The molecule has 0 atom stereocenters. The Hall–Kier alpha value is -1.33. The van der Waals surface area contributed by atoms with E-state index in [0.717, 1.165) is 61.9 Å². The Morgan fingerprint density at radius 3 is 2.70 bits per heavy atom. The molecule has 0 amide bonds. The van der Waals surface area contributed by atoms with Crippen LogP contribution in [0.25, 0.3) is 0 Å². The van der Waals surface area contributed by atoms with Crippen molar-refractivity contribution < 1.29 is 8.78 Å². The largest absolute Gasteiger partial charge is 0.357 e. The number of hydrogen-bond donors (Lipinski definition) is 2. The summed E-state index contributed by atoms with van der Waals surface area (Å²) in [5, 5.41) is 9.79. The molecule has 9 heteroatoms. The molecule has 166 valence electrons. The second kappa shape index (κ2) is 12.5.